The van der Waals surface area contributed by atoms with Gasteiger partial charge in [0.25, 0.3) is 0 Å². The van der Waals surface area contributed by atoms with Crippen LogP contribution in [0.4, 0.5) is 0 Å². The fourth-order valence-electron chi connectivity index (χ4n) is 1.04. The number of carbonyl (C=O) groups excluding carboxylic acids is 1. The van der Waals surface area contributed by atoms with Gasteiger partial charge in [0.15, 0.2) is 0 Å². The van der Waals surface area contributed by atoms with Crippen molar-refractivity contribution in [1.82, 2.24) is 0 Å². The Labute approximate surface area is 83.3 Å². The lowest BCUT2D eigenvalue weighted by molar-refractivity contribution is 0.0130. The second-order valence-corrected chi connectivity index (χ2v) is 2.98. The molecular formula is C11H14O3. The van der Waals surface area contributed by atoms with E-state index in [-0.39, 0.29) is 12.6 Å². The van der Waals surface area contributed by atoms with Crippen molar-refractivity contribution >= 4 is 5.97 Å². The van der Waals surface area contributed by atoms with Crippen LogP contribution in [0.2, 0.25) is 0 Å². The van der Waals surface area contributed by atoms with Gasteiger partial charge in [-0.3, -0.25) is 0 Å². The summed E-state index contributed by atoms with van der Waals surface area (Å²) in [6.07, 6.45) is 0.220. The lowest BCUT2D eigenvalue weighted by atomic mass is 10.2. The molecule has 0 heterocycles. The fourth-order valence-corrected chi connectivity index (χ4v) is 1.04. The molecule has 0 saturated heterocycles. The van der Waals surface area contributed by atoms with Crippen molar-refractivity contribution in [2.24, 2.45) is 0 Å². The van der Waals surface area contributed by atoms with Crippen molar-refractivity contribution < 1.29 is 14.6 Å². The minimum Gasteiger partial charge on any atom is -0.456 e. The second kappa shape index (κ2) is 5.40. The Morgan fingerprint density at radius 1 is 1.43 bits per heavy atom. The Hall–Kier alpha value is -1.35. The van der Waals surface area contributed by atoms with E-state index < -0.39 is 6.10 Å². The Balaban J connectivity index is 2.59. The third-order valence-corrected chi connectivity index (χ3v) is 1.94. The quantitative estimate of drug-likeness (QED) is 0.741. The maximum Gasteiger partial charge on any atom is 0.338 e. The van der Waals surface area contributed by atoms with Gasteiger partial charge in [0, 0.05) is 0 Å². The summed E-state index contributed by atoms with van der Waals surface area (Å²) in [6, 6.07) is 8.76. The summed E-state index contributed by atoms with van der Waals surface area (Å²) >= 11 is 0. The van der Waals surface area contributed by atoms with Gasteiger partial charge < -0.3 is 9.84 Å². The first kappa shape index (κ1) is 10.7. The van der Waals surface area contributed by atoms with E-state index in [4.69, 9.17) is 9.84 Å². The zero-order chi connectivity index (χ0) is 10.4. The van der Waals surface area contributed by atoms with Crippen molar-refractivity contribution in [1.29, 1.82) is 0 Å². The molecule has 1 aromatic rings. The van der Waals surface area contributed by atoms with Crippen LogP contribution in [0, 0.1) is 0 Å². The fraction of sp³-hybridized carbons (Fsp3) is 0.364. The molecule has 0 amide bonds. The second-order valence-electron chi connectivity index (χ2n) is 2.98. The molecule has 3 nitrogen and oxygen atoms in total. The molecular weight excluding hydrogens is 180 g/mol. The highest BCUT2D eigenvalue weighted by atomic mass is 16.6. The molecule has 0 aliphatic heterocycles. The average Bonchev–Trinajstić information content (AvgIpc) is 2.26. The minimum atomic E-state index is -0.400. The van der Waals surface area contributed by atoms with Gasteiger partial charge in [-0.2, -0.15) is 0 Å². The normalized spacial score (nSPS) is 12.1. The Morgan fingerprint density at radius 3 is 2.57 bits per heavy atom. The standard InChI is InChI=1S/C11H14O3/c1-2-10(8-12)14-11(13)9-6-4-3-5-7-9/h3-7,10,12H,2,8H2,1H3. The van der Waals surface area contributed by atoms with Gasteiger partial charge in [0.2, 0.25) is 0 Å². The van der Waals surface area contributed by atoms with Crippen LogP contribution in [-0.2, 0) is 4.74 Å². The number of rotatable bonds is 4. The van der Waals surface area contributed by atoms with Gasteiger partial charge in [-0.15, -0.1) is 0 Å². The molecule has 0 aliphatic carbocycles. The molecule has 0 saturated carbocycles. The monoisotopic (exact) mass is 194 g/mol. The maximum atomic E-state index is 11.4. The van der Waals surface area contributed by atoms with Gasteiger partial charge in [-0.05, 0) is 18.6 Å². The third-order valence-electron chi connectivity index (χ3n) is 1.94. The highest BCUT2D eigenvalue weighted by Gasteiger charge is 2.12. The summed E-state index contributed by atoms with van der Waals surface area (Å²) in [5.41, 5.74) is 0.513. The highest BCUT2D eigenvalue weighted by Crippen LogP contribution is 2.05. The molecule has 0 fully saturated rings. The van der Waals surface area contributed by atoms with Crippen LogP contribution in [0.3, 0.4) is 0 Å². The molecule has 1 N–H and O–H groups in total. The molecule has 76 valence electrons. The topological polar surface area (TPSA) is 46.5 Å². The van der Waals surface area contributed by atoms with E-state index in [1.165, 1.54) is 0 Å². The summed E-state index contributed by atoms with van der Waals surface area (Å²) < 4.78 is 5.05. The number of aliphatic hydroxyl groups is 1. The molecule has 1 rings (SSSR count). The van der Waals surface area contributed by atoms with E-state index in [1.807, 2.05) is 13.0 Å². The average molecular weight is 194 g/mol. The number of ether oxygens (including phenoxy) is 1. The van der Waals surface area contributed by atoms with Gasteiger partial charge in [0.05, 0.1) is 12.2 Å². The van der Waals surface area contributed by atoms with Gasteiger partial charge in [0.1, 0.15) is 6.10 Å². The molecule has 0 aliphatic rings. The molecule has 1 aromatic carbocycles. The number of carbonyl (C=O) groups is 1. The van der Waals surface area contributed by atoms with E-state index in [9.17, 15) is 4.79 Å². The summed E-state index contributed by atoms with van der Waals surface area (Å²) in [6.45, 7) is 1.73. The summed E-state index contributed by atoms with van der Waals surface area (Å²) in [4.78, 5) is 11.4. The summed E-state index contributed by atoms with van der Waals surface area (Å²) in [5.74, 6) is -0.383. The minimum absolute atomic E-state index is 0.130. The predicted molar refractivity (Wildman–Crippen MR) is 53.0 cm³/mol. The van der Waals surface area contributed by atoms with Gasteiger partial charge in [-0.25, -0.2) is 4.79 Å². The first-order chi connectivity index (χ1) is 6.77. The van der Waals surface area contributed by atoms with E-state index in [1.54, 1.807) is 24.3 Å². The summed E-state index contributed by atoms with van der Waals surface area (Å²) in [5, 5.41) is 8.84. The van der Waals surface area contributed by atoms with E-state index >= 15 is 0 Å². The van der Waals surface area contributed by atoms with Crippen molar-refractivity contribution in [2.45, 2.75) is 19.4 Å². The highest BCUT2D eigenvalue weighted by molar-refractivity contribution is 5.89. The van der Waals surface area contributed by atoms with Crippen LogP contribution in [0.5, 0.6) is 0 Å². The zero-order valence-corrected chi connectivity index (χ0v) is 8.14. The molecule has 3 heteroatoms. The van der Waals surface area contributed by atoms with Crippen LogP contribution < -0.4 is 0 Å². The van der Waals surface area contributed by atoms with Crippen LogP contribution in [-0.4, -0.2) is 23.8 Å². The molecule has 0 aromatic heterocycles. The first-order valence-electron chi connectivity index (χ1n) is 4.64. The van der Waals surface area contributed by atoms with Crippen LogP contribution in [0.25, 0.3) is 0 Å². The maximum absolute atomic E-state index is 11.4. The Bertz CT molecular complexity index is 278. The molecule has 1 unspecified atom stereocenters. The number of aliphatic hydroxyl groups excluding tert-OH is 1. The molecule has 0 bridgehead atoms. The van der Waals surface area contributed by atoms with Crippen molar-refractivity contribution in [3.63, 3.8) is 0 Å². The van der Waals surface area contributed by atoms with Crippen LogP contribution >= 0.6 is 0 Å². The third kappa shape index (κ3) is 2.85. The SMILES string of the molecule is CCC(CO)OC(=O)c1ccccc1. The Morgan fingerprint density at radius 2 is 2.07 bits per heavy atom. The molecule has 0 spiro atoms. The summed E-state index contributed by atoms with van der Waals surface area (Å²) in [7, 11) is 0. The predicted octanol–water partition coefficient (Wildman–Crippen LogP) is 1.61. The first-order valence-corrected chi connectivity index (χ1v) is 4.64. The lowest BCUT2D eigenvalue weighted by Gasteiger charge is -2.12. The van der Waals surface area contributed by atoms with E-state index in [0.29, 0.717) is 12.0 Å². The number of esters is 1. The van der Waals surface area contributed by atoms with Crippen LogP contribution in [0.15, 0.2) is 30.3 Å². The number of hydrogen-bond acceptors (Lipinski definition) is 3. The molecule has 1 atom stereocenters. The van der Waals surface area contributed by atoms with Gasteiger partial charge >= 0.3 is 5.97 Å². The van der Waals surface area contributed by atoms with E-state index in [0.717, 1.165) is 0 Å². The van der Waals surface area contributed by atoms with Crippen molar-refractivity contribution in [2.75, 3.05) is 6.61 Å². The largest absolute Gasteiger partial charge is 0.456 e. The lowest BCUT2D eigenvalue weighted by Crippen LogP contribution is -2.20. The van der Waals surface area contributed by atoms with Crippen molar-refractivity contribution in [3.8, 4) is 0 Å². The zero-order valence-electron chi connectivity index (χ0n) is 8.14. The van der Waals surface area contributed by atoms with Crippen molar-refractivity contribution in [3.05, 3.63) is 35.9 Å². The van der Waals surface area contributed by atoms with Gasteiger partial charge in [-0.1, -0.05) is 25.1 Å². The smallest absolute Gasteiger partial charge is 0.338 e. The molecule has 14 heavy (non-hydrogen) atoms. The Kier molecular flexibility index (Phi) is 4.13. The van der Waals surface area contributed by atoms with Crippen LogP contribution in [0.1, 0.15) is 23.7 Å². The number of hydrogen-bond donors (Lipinski definition) is 1. The number of benzene rings is 1. The van der Waals surface area contributed by atoms with E-state index in [2.05, 4.69) is 0 Å². The molecule has 0 radical (unpaired) electrons.